The topological polar surface area (TPSA) is 52.7 Å². The number of benzene rings is 2. The molecule has 0 unspecified atom stereocenters. The second-order valence-electron chi connectivity index (χ2n) is 6.24. The molecule has 142 valence electrons. The van der Waals surface area contributed by atoms with E-state index in [1.54, 1.807) is 16.7 Å². The maximum Gasteiger partial charge on any atom is 0.286 e. The van der Waals surface area contributed by atoms with Gasteiger partial charge in [0.25, 0.3) is 5.56 Å². The Bertz CT molecular complexity index is 1230. The smallest absolute Gasteiger partial charge is 0.286 e. The summed E-state index contributed by atoms with van der Waals surface area (Å²) >= 11 is 5.89. The van der Waals surface area contributed by atoms with Gasteiger partial charge in [-0.1, -0.05) is 23.7 Å². The molecule has 0 saturated heterocycles. The van der Waals surface area contributed by atoms with E-state index in [0.29, 0.717) is 29.3 Å². The van der Waals surface area contributed by atoms with Gasteiger partial charge < -0.3 is 4.57 Å². The molecule has 2 heterocycles. The summed E-state index contributed by atoms with van der Waals surface area (Å²) in [5.41, 5.74) is 0.937. The van der Waals surface area contributed by atoms with E-state index in [-0.39, 0.29) is 17.0 Å². The van der Waals surface area contributed by atoms with Gasteiger partial charge in [0.15, 0.2) is 11.2 Å². The molecule has 0 radical (unpaired) electrons. The third-order valence-electron chi connectivity index (χ3n) is 4.51. The fourth-order valence-corrected chi connectivity index (χ4v) is 3.30. The summed E-state index contributed by atoms with van der Waals surface area (Å²) in [6.07, 6.45) is 1.57. The molecule has 0 amide bonds. The Morgan fingerprint density at radius 2 is 1.86 bits per heavy atom. The van der Waals surface area contributed by atoms with Crippen LogP contribution in [0.2, 0.25) is 5.02 Å². The van der Waals surface area contributed by atoms with Gasteiger partial charge in [0.2, 0.25) is 0 Å². The van der Waals surface area contributed by atoms with Crippen LogP contribution in [-0.2, 0) is 13.0 Å². The Labute approximate surface area is 163 Å². The minimum Gasteiger partial charge on any atom is -0.315 e. The Kier molecular flexibility index (Phi) is 4.68. The zero-order valence-electron chi connectivity index (χ0n) is 14.9. The van der Waals surface area contributed by atoms with Gasteiger partial charge in [-0.25, -0.2) is 18.7 Å². The van der Waals surface area contributed by atoms with E-state index in [2.05, 4.69) is 9.97 Å². The molecule has 4 rings (SSSR count). The molecule has 0 fully saturated rings. The highest BCUT2D eigenvalue weighted by molar-refractivity contribution is 6.30. The third-order valence-corrected chi connectivity index (χ3v) is 4.81. The molecule has 28 heavy (non-hydrogen) atoms. The van der Waals surface area contributed by atoms with Crippen LogP contribution >= 0.6 is 11.6 Å². The molecule has 5 nitrogen and oxygen atoms in total. The molecule has 0 aliphatic heterocycles. The second-order valence-corrected chi connectivity index (χ2v) is 6.64. The molecular formula is C20H15ClF2N4O. The SMILES string of the molecule is CCn1cnc2c(=O)n(-c3ccc(F)cc3)c(Cc3cccc(Cl)c3F)nc21. The highest BCUT2D eigenvalue weighted by Gasteiger charge is 2.18. The fourth-order valence-electron chi connectivity index (χ4n) is 3.10. The van der Waals surface area contributed by atoms with Gasteiger partial charge in [-0.15, -0.1) is 0 Å². The van der Waals surface area contributed by atoms with Crippen LogP contribution < -0.4 is 5.56 Å². The summed E-state index contributed by atoms with van der Waals surface area (Å²) in [6, 6.07) is 10.1. The first-order valence-corrected chi connectivity index (χ1v) is 9.03. The third kappa shape index (κ3) is 3.07. The van der Waals surface area contributed by atoms with Crippen molar-refractivity contribution in [2.45, 2.75) is 19.9 Å². The number of aryl methyl sites for hydroxylation is 1. The van der Waals surface area contributed by atoms with Crippen LogP contribution in [0, 0.1) is 11.6 Å². The Balaban J connectivity index is 1.98. The largest absolute Gasteiger partial charge is 0.315 e. The van der Waals surface area contributed by atoms with Gasteiger partial charge in [-0.3, -0.25) is 9.36 Å². The predicted molar refractivity (Wildman–Crippen MR) is 103 cm³/mol. The Hall–Kier alpha value is -3.06. The van der Waals surface area contributed by atoms with Crippen molar-refractivity contribution in [2.75, 3.05) is 0 Å². The summed E-state index contributed by atoms with van der Waals surface area (Å²) in [5, 5.41) is -0.00661. The lowest BCUT2D eigenvalue weighted by atomic mass is 10.1. The van der Waals surface area contributed by atoms with E-state index in [0.717, 1.165) is 0 Å². The maximum atomic E-state index is 14.5. The van der Waals surface area contributed by atoms with Gasteiger partial charge >= 0.3 is 0 Å². The predicted octanol–water partition coefficient (Wildman–Crippen LogP) is 4.12. The summed E-state index contributed by atoms with van der Waals surface area (Å²) in [4.78, 5) is 21.9. The molecule has 0 N–H and O–H groups in total. The van der Waals surface area contributed by atoms with Crippen LogP contribution in [0.15, 0.2) is 53.6 Å². The van der Waals surface area contributed by atoms with Crippen molar-refractivity contribution in [3.63, 3.8) is 0 Å². The monoisotopic (exact) mass is 400 g/mol. The molecule has 0 atom stereocenters. The molecule has 2 aromatic carbocycles. The molecule has 4 aromatic rings. The van der Waals surface area contributed by atoms with Crippen molar-refractivity contribution in [1.82, 2.24) is 19.1 Å². The van der Waals surface area contributed by atoms with E-state index in [1.165, 1.54) is 41.2 Å². The van der Waals surface area contributed by atoms with E-state index in [9.17, 15) is 13.6 Å². The number of fused-ring (bicyclic) bond motifs is 1. The molecule has 0 saturated carbocycles. The number of imidazole rings is 1. The van der Waals surface area contributed by atoms with Crippen LogP contribution in [0.25, 0.3) is 16.9 Å². The first-order valence-electron chi connectivity index (χ1n) is 8.65. The first kappa shape index (κ1) is 18.3. The lowest BCUT2D eigenvalue weighted by molar-refractivity contribution is 0.611. The minimum atomic E-state index is -0.562. The van der Waals surface area contributed by atoms with E-state index in [1.807, 2.05) is 6.92 Å². The van der Waals surface area contributed by atoms with Gasteiger partial charge in [-0.2, -0.15) is 0 Å². The summed E-state index contributed by atoms with van der Waals surface area (Å²) in [5.74, 6) is -0.683. The number of aromatic nitrogens is 4. The standard InChI is InChI=1S/C20H15ClF2N4O/c1-2-26-11-24-18-19(26)25-16(10-12-4-3-5-15(21)17(12)23)27(20(18)28)14-8-6-13(22)7-9-14/h3-9,11H,2,10H2,1H3. The van der Waals surface area contributed by atoms with Crippen LogP contribution in [-0.4, -0.2) is 19.1 Å². The van der Waals surface area contributed by atoms with Crippen molar-refractivity contribution in [3.8, 4) is 5.69 Å². The average molecular weight is 401 g/mol. The van der Waals surface area contributed by atoms with Crippen molar-refractivity contribution < 1.29 is 8.78 Å². The van der Waals surface area contributed by atoms with Crippen molar-refractivity contribution in [2.24, 2.45) is 0 Å². The van der Waals surface area contributed by atoms with Gasteiger partial charge in [0.05, 0.1) is 17.0 Å². The van der Waals surface area contributed by atoms with Crippen LogP contribution in [0.3, 0.4) is 0 Å². The average Bonchev–Trinajstić information content (AvgIpc) is 3.10. The van der Waals surface area contributed by atoms with Crippen molar-refractivity contribution in [3.05, 3.63) is 87.2 Å². The molecule has 0 bridgehead atoms. The molecule has 0 spiro atoms. The zero-order chi connectivity index (χ0) is 19.8. The quantitative estimate of drug-likeness (QED) is 0.517. The maximum absolute atomic E-state index is 14.5. The van der Waals surface area contributed by atoms with E-state index >= 15 is 0 Å². The van der Waals surface area contributed by atoms with E-state index in [4.69, 9.17) is 11.6 Å². The summed E-state index contributed by atoms with van der Waals surface area (Å²) in [7, 11) is 0. The summed E-state index contributed by atoms with van der Waals surface area (Å²) < 4.78 is 30.9. The number of hydrogen-bond acceptors (Lipinski definition) is 3. The highest BCUT2D eigenvalue weighted by Crippen LogP contribution is 2.22. The lowest BCUT2D eigenvalue weighted by Gasteiger charge is -2.13. The van der Waals surface area contributed by atoms with Crippen molar-refractivity contribution in [1.29, 1.82) is 0 Å². The second kappa shape index (κ2) is 7.16. The Morgan fingerprint density at radius 3 is 2.57 bits per heavy atom. The number of halogens is 3. The fraction of sp³-hybridized carbons (Fsp3) is 0.150. The minimum absolute atomic E-state index is 0.00661. The van der Waals surface area contributed by atoms with Crippen LogP contribution in [0.5, 0.6) is 0 Å². The number of hydrogen-bond donors (Lipinski definition) is 0. The molecule has 0 aliphatic carbocycles. The molecule has 8 heteroatoms. The van der Waals surface area contributed by atoms with Crippen LogP contribution in [0.1, 0.15) is 18.3 Å². The first-order chi connectivity index (χ1) is 13.5. The van der Waals surface area contributed by atoms with E-state index < -0.39 is 17.2 Å². The van der Waals surface area contributed by atoms with Crippen LogP contribution in [0.4, 0.5) is 8.78 Å². The zero-order valence-corrected chi connectivity index (χ0v) is 15.6. The number of rotatable bonds is 4. The normalized spacial score (nSPS) is 11.3. The highest BCUT2D eigenvalue weighted by atomic mass is 35.5. The number of nitrogens with zero attached hydrogens (tertiary/aromatic N) is 4. The van der Waals surface area contributed by atoms with Crippen molar-refractivity contribution >= 4 is 22.8 Å². The Morgan fingerprint density at radius 1 is 1.11 bits per heavy atom. The van der Waals surface area contributed by atoms with Gasteiger partial charge in [0, 0.05) is 13.0 Å². The summed E-state index contributed by atoms with van der Waals surface area (Å²) in [6.45, 7) is 2.49. The molecule has 2 aromatic heterocycles. The molecule has 0 aliphatic rings. The van der Waals surface area contributed by atoms with Gasteiger partial charge in [0.1, 0.15) is 17.5 Å². The van der Waals surface area contributed by atoms with Gasteiger partial charge in [-0.05, 0) is 42.8 Å². The lowest BCUT2D eigenvalue weighted by Crippen LogP contribution is -2.25. The molecular weight excluding hydrogens is 386 g/mol.